The number of benzene rings is 2. The quantitative estimate of drug-likeness (QED) is 0.531. The van der Waals surface area contributed by atoms with Gasteiger partial charge in [-0.1, -0.05) is 12.1 Å². The van der Waals surface area contributed by atoms with Gasteiger partial charge < -0.3 is 19.6 Å². The van der Waals surface area contributed by atoms with Crippen LogP contribution in [0.15, 0.2) is 47.3 Å². The molecule has 0 aliphatic carbocycles. The summed E-state index contributed by atoms with van der Waals surface area (Å²) in [6, 6.07) is 9.59. The van der Waals surface area contributed by atoms with Crippen LogP contribution < -0.4 is 5.56 Å². The highest BCUT2D eigenvalue weighted by atomic mass is 19.1. The molecule has 6 nitrogen and oxygen atoms in total. The summed E-state index contributed by atoms with van der Waals surface area (Å²) in [6.45, 7) is 0.399. The van der Waals surface area contributed by atoms with Crippen molar-refractivity contribution >= 4 is 27.6 Å². The van der Waals surface area contributed by atoms with Crippen LogP contribution in [0, 0.1) is 11.6 Å². The highest BCUT2D eigenvalue weighted by Crippen LogP contribution is 2.34. The van der Waals surface area contributed by atoms with E-state index in [9.17, 15) is 18.4 Å². The summed E-state index contributed by atoms with van der Waals surface area (Å²) in [5.41, 5.74) is 1.63. The molecular weight excluding hydrogens is 392 g/mol. The fraction of sp³-hybridized carbons (Fsp3) is 0.182. The number of hydrogen-bond donors (Lipinski definition) is 2. The second kappa shape index (κ2) is 6.77. The molecule has 1 atom stereocenters. The standard InChI is InChI=1S/C22H17F2N3O3/c1-27(22(29)17-8-14-15(24)3-2-4-16(14)25-17)19-10-30-9-18-20(19)12-6-5-11(23)7-13(12)21(28)26-18/h2-8,19,25H,9-10H2,1H3,(H,26,28)/t19-/m0/s1. The minimum Gasteiger partial charge on any atom is -0.373 e. The lowest BCUT2D eigenvalue weighted by Crippen LogP contribution is -2.37. The van der Waals surface area contributed by atoms with Crippen LogP contribution in [-0.2, 0) is 11.3 Å². The largest absolute Gasteiger partial charge is 0.373 e. The molecule has 0 saturated carbocycles. The average Bonchev–Trinajstić information content (AvgIpc) is 3.18. The third-order valence-electron chi connectivity index (χ3n) is 5.59. The number of pyridine rings is 1. The minimum atomic E-state index is -0.513. The topological polar surface area (TPSA) is 78.2 Å². The van der Waals surface area contributed by atoms with Crippen molar-refractivity contribution in [3.8, 4) is 0 Å². The Morgan fingerprint density at radius 3 is 2.73 bits per heavy atom. The molecule has 0 fully saturated rings. The maximum absolute atomic E-state index is 14.0. The third-order valence-corrected chi connectivity index (χ3v) is 5.59. The van der Waals surface area contributed by atoms with Gasteiger partial charge in [0.1, 0.15) is 17.3 Å². The molecule has 2 aromatic carbocycles. The first-order chi connectivity index (χ1) is 14.4. The van der Waals surface area contributed by atoms with Gasteiger partial charge in [0, 0.05) is 29.2 Å². The first kappa shape index (κ1) is 18.5. The van der Waals surface area contributed by atoms with Gasteiger partial charge in [0.25, 0.3) is 11.5 Å². The molecule has 1 aliphatic heterocycles. The molecule has 0 spiro atoms. The minimum absolute atomic E-state index is 0.189. The predicted molar refractivity (Wildman–Crippen MR) is 107 cm³/mol. The number of carbonyl (C=O) groups is 1. The van der Waals surface area contributed by atoms with E-state index in [-0.39, 0.29) is 30.2 Å². The fourth-order valence-corrected chi connectivity index (χ4v) is 4.09. The molecule has 5 rings (SSSR count). The van der Waals surface area contributed by atoms with Gasteiger partial charge in [-0.05, 0) is 35.7 Å². The first-order valence-corrected chi connectivity index (χ1v) is 9.40. The zero-order valence-corrected chi connectivity index (χ0v) is 16.0. The van der Waals surface area contributed by atoms with E-state index in [1.807, 2.05) is 0 Å². The van der Waals surface area contributed by atoms with Crippen molar-refractivity contribution in [2.45, 2.75) is 12.6 Å². The van der Waals surface area contributed by atoms with Crippen LogP contribution in [0.5, 0.6) is 0 Å². The van der Waals surface area contributed by atoms with Crippen LogP contribution in [0.1, 0.15) is 27.8 Å². The maximum atomic E-state index is 14.0. The normalized spacial score (nSPS) is 16.0. The second-order valence-electron chi connectivity index (χ2n) is 7.37. The van der Waals surface area contributed by atoms with Crippen LogP contribution in [0.3, 0.4) is 0 Å². The van der Waals surface area contributed by atoms with Crippen molar-refractivity contribution in [2.75, 3.05) is 13.7 Å². The highest BCUT2D eigenvalue weighted by Gasteiger charge is 2.31. The van der Waals surface area contributed by atoms with E-state index in [0.29, 0.717) is 27.5 Å². The van der Waals surface area contributed by atoms with Crippen molar-refractivity contribution in [2.24, 2.45) is 0 Å². The van der Waals surface area contributed by atoms with Crippen molar-refractivity contribution in [1.82, 2.24) is 14.9 Å². The van der Waals surface area contributed by atoms with E-state index in [1.165, 1.54) is 29.2 Å². The smallest absolute Gasteiger partial charge is 0.270 e. The first-order valence-electron chi connectivity index (χ1n) is 9.40. The molecule has 1 aliphatic rings. The number of H-pyrrole nitrogens is 2. The summed E-state index contributed by atoms with van der Waals surface area (Å²) in [4.78, 5) is 32.7. The van der Waals surface area contributed by atoms with Gasteiger partial charge in [-0.25, -0.2) is 8.78 Å². The number of halogens is 2. The van der Waals surface area contributed by atoms with Crippen LogP contribution in [0.25, 0.3) is 21.7 Å². The second-order valence-corrected chi connectivity index (χ2v) is 7.37. The van der Waals surface area contributed by atoms with Gasteiger partial charge >= 0.3 is 0 Å². The van der Waals surface area contributed by atoms with E-state index in [2.05, 4.69) is 9.97 Å². The summed E-state index contributed by atoms with van der Waals surface area (Å²) < 4.78 is 33.4. The Labute approximate surface area is 169 Å². The van der Waals surface area contributed by atoms with Gasteiger partial charge in [0.2, 0.25) is 0 Å². The van der Waals surface area contributed by atoms with E-state index < -0.39 is 23.2 Å². The lowest BCUT2D eigenvalue weighted by Gasteiger charge is -2.33. The number of hydrogen-bond acceptors (Lipinski definition) is 3. The third kappa shape index (κ3) is 2.80. The summed E-state index contributed by atoms with van der Waals surface area (Å²) in [6.07, 6.45) is 0. The Hall–Kier alpha value is -3.52. The number of amides is 1. The van der Waals surface area contributed by atoms with Gasteiger partial charge in [0.15, 0.2) is 0 Å². The molecule has 4 aromatic rings. The van der Waals surface area contributed by atoms with Crippen LogP contribution >= 0.6 is 0 Å². The summed E-state index contributed by atoms with van der Waals surface area (Å²) in [5, 5.41) is 1.12. The number of rotatable bonds is 2. The summed E-state index contributed by atoms with van der Waals surface area (Å²) in [7, 11) is 1.62. The molecule has 8 heteroatoms. The predicted octanol–water partition coefficient (Wildman–Crippen LogP) is 3.63. The Morgan fingerprint density at radius 2 is 1.93 bits per heavy atom. The Bertz CT molecular complexity index is 1380. The number of likely N-dealkylation sites (N-methyl/N-ethyl adjacent to an activating group) is 1. The number of aromatic nitrogens is 2. The Balaban J connectivity index is 1.60. The van der Waals surface area contributed by atoms with Crippen LogP contribution in [0.2, 0.25) is 0 Å². The van der Waals surface area contributed by atoms with Gasteiger partial charge in [-0.3, -0.25) is 9.59 Å². The van der Waals surface area contributed by atoms with E-state index >= 15 is 0 Å². The molecule has 2 aromatic heterocycles. The molecule has 0 saturated heterocycles. The average molecular weight is 409 g/mol. The molecule has 0 unspecified atom stereocenters. The number of nitrogens with one attached hydrogen (secondary N) is 2. The molecule has 0 bridgehead atoms. The Kier molecular flexibility index (Phi) is 4.18. The molecule has 1 amide bonds. The summed E-state index contributed by atoms with van der Waals surface area (Å²) >= 11 is 0. The molecule has 30 heavy (non-hydrogen) atoms. The van der Waals surface area contributed by atoms with E-state index in [1.54, 1.807) is 25.2 Å². The fourth-order valence-electron chi connectivity index (χ4n) is 4.09. The zero-order chi connectivity index (χ0) is 21.0. The lowest BCUT2D eigenvalue weighted by molar-refractivity contribution is 0.0333. The van der Waals surface area contributed by atoms with Crippen LogP contribution in [-0.4, -0.2) is 34.4 Å². The van der Waals surface area contributed by atoms with Crippen molar-refractivity contribution in [3.05, 3.63) is 81.4 Å². The Morgan fingerprint density at radius 1 is 1.10 bits per heavy atom. The molecular formula is C22H17F2N3O3. The number of aromatic amines is 2. The molecule has 2 N–H and O–H groups in total. The number of ether oxygens (including phenoxy) is 1. The van der Waals surface area contributed by atoms with Gasteiger partial charge in [0.05, 0.1) is 24.6 Å². The van der Waals surface area contributed by atoms with E-state index in [4.69, 9.17) is 4.74 Å². The number of nitrogens with zero attached hydrogens (tertiary/aromatic N) is 1. The van der Waals surface area contributed by atoms with E-state index in [0.717, 1.165) is 0 Å². The highest BCUT2D eigenvalue weighted by molar-refractivity contribution is 5.98. The zero-order valence-electron chi connectivity index (χ0n) is 16.0. The molecule has 152 valence electrons. The van der Waals surface area contributed by atoms with Crippen molar-refractivity contribution in [1.29, 1.82) is 0 Å². The molecule has 3 heterocycles. The van der Waals surface area contributed by atoms with Crippen molar-refractivity contribution < 1.29 is 18.3 Å². The monoisotopic (exact) mass is 409 g/mol. The SMILES string of the molecule is CN(C(=O)c1cc2c(F)cccc2[nH]1)[C@H]1COCc2[nH]c(=O)c3cc(F)ccc3c21. The lowest BCUT2D eigenvalue weighted by atomic mass is 9.95. The number of fused-ring (bicyclic) bond motifs is 4. The number of carbonyl (C=O) groups excluding carboxylic acids is 1. The maximum Gasteiger partial charge on any atom is 0.270 e. The van der Waals surface area contributed by atoms with Gasteiger partial charge in [-0.15, -0.1) is 0 Å². The summed E-state index contributed by atoms with van der Waals surface area (Å²) in [5.74, 6) is -1.28. The molecule has 0 radical (unpaired) electrons. The van der Waals surface area contributed by atoms with Gasteiger partial charge in [-0.2, -0.15) is 0 Å². The van der Waals surface area contributed by atoms with Crippen molar-refractivity contribution in [3.63, 3.8) is 0 Å². The van der Waals surface area contributed by atoms with Crippen LogP contribution in [0.4, 0.5) is 8.78 Å².